The van der Waals surface area contributed by atoms with Crippen LogP contribution in [0.25, 0.3) is 0 Å². The molecule has 0 spiro atoms. The molecule has 1 aromatic rings. The molecule has 0 radical (unpaired) electrons. The van der Waals surface area contributed by atoms with Crippen LogP contribution in [0.2, 0.25) is 0 Å². The van der Waals surface area contributed by atoms with E-state index in [1.54, 1.807) is 26.0 Å². The Bertz CT molecular complexity index is 1070. The zero-order valence-corrected chi connectivity index (χ0v) is 23.2. The summed E-state index contributed by atoms with van der Waals surface area (Å²) < 4.78 is 0. The number of nitrogens with zero attached hydrogens (tertiary/aromatic N) is 1. The predicted molar refractivity (Wildman–Crippen MR) is 149 cm³/mol. The Labute approximate surface area is 237 Å². The number of hydrogen-bond acceptors (Lipinski definition) is 8. The van der Waals surface area contributed by atoms with Gasteiger partial charge in [0, 0.05) is 19.4 Å². The first-order valence-corrected chi connectivity index (χ1v) is 13.1. The van der Waals surface area contributed by atoms with E-state index in [0.29, 0.717) is 5.56 Å². The number of phenolic OH excluding ortho intramolecular Hbond substituents is 1. The standard InChI is InChI=1S/C26H41N7O8/c1-14(2)12-20(25(40)41)33-24(39)19(13-15-5-7-16(34)8-6-15)32-23(38)18(4-3-11-30-26(28)29)31-22(37)17(27)9-10-21(35)36/h5-8,14,17-20,34H,3-4,9-13,27H2,1-2H3,(H,31,37)(H,32,38)(H,33,39)(H,35,36)(H,40,41)(H4,28,29,30). The Morgan fingerprint density at radius 1 is 0.854 bits per heavy atom. The number of rotatable bonds is 18. The van der Waals surface area contributed by atoms with Crippen LogP contribution in [0, 0.1) is 5.92 Å². The van der Waals surface area contributed by atoms with Gasteiger partial charge in [0.25, 0.3) is 0 Å². The summed E-state index contributed by atoms with van der Waals surface area (Å²) in [6, 6.07) is 1.02. The van der Waals surface area contributed by atoms with Crippen LogP contribution in [0.5, 0.6) is 5.75 Å². The van der Waals surface area contributed by atoms with E-state index in [9.17, 15) is 34.2 Å². The minimum atomic E-state index is -1.25. The van der Waals surface area contributed by atoms with E-state index < -0.39 is 53.8 Å². The highest BCUT2D eigenvalue weighted by molar-refractivity contribution is 5.94. The molecule has 1 rings (SSSR count). The second-order valence-electron chi connectivity index (χ2n) is 10.0. The molecule has 4 atom stereocenters. The van der Waals surface area contributed by atoms with E-state index in [0.717, 1.165) is 0 Å². The van der Waals surface area contributed by atoms with Crippen molar-refractivity contribution in [2.45, 2.75) is 76.5 Å². The lowest BCUT2D eigenvalue weighted by Gasteiger charge is -2.25. The van der Waals surface area contributed by atoms with Crippen molar-refractivity contribution in [3.05, 3.63) is 29.8 Å². The molecule has 0 heterocycles. The lowest BCUT2D eigenvalue weighted by molar-refractivity contribution is -0.143. The molecule has 41 heavy (non-hydrogen) atoms. The van der Waals surface area contributed by atoms with Gasteiger partial charge in [-0.2, -0.15) is 0 Å². The molecule has 1 aromatic carbocycles. The zero-order chi connectivity index (χ0) is 31.1. The number of aliphatic imine (C=N–C) groups is 1. The lowest BCUT2D eigenvalue weighted by atomic mass is 10.0. The number of phenols is 1. The van der Waals surface area contributed by atoms with Gasteiger partial charge >= 0.3 is 11.9 Å². The van der Waals surface area contributed by atoms with Crippen molar-refractivity contribution in [1.29, 1.82) is 0 Å². The van der Waals surface area contributed by atoms with Crippen LogP contribution in [0.4, 0.5) is 0 Å². The number of carboxylic acid groups (broad SMARTS) is 2. The molecule has 0 aliphatic rings. The smallest absolute Gasteiger partial charge is 0.326 e. The highest BCUT2D eigenvalue weighted by Crippen LogP contribution is 2.13. The van der Waals surface area contributed by atoms with E-state index in [1.165, 1.54) is 12.1 Å². The Morgan fingerprint density at radius 2 is 1.41 bits per heavy atom. The Morgan fingerprint density at radius 3 is 1.95 bits per heavy atom. The fraction of sp³-hybridized carbons (Fsp3) is 0.538. The van der Waals surface area contributed by atoms with Crippen LogP contribution < -0.4 is 33.2 Å². The molecule has 12 N–H and O–H groups in total. The van der Waals surface area contributed by atoms with E-state index in [1.807, 2.05) is 0 Å². The largest absolute Gasteiger partial charge is 0.508 e. The molecule has 15 heteroatoms. The van der Waals surface area contributed by atoms with E-state index in [2.05, 4.69) is 20.9 Å². The number of hydrogen-bond donors (Lipinski definition) is 9. The fourth-order valence-corrected chi connectivity index (χ4v) is 3.78. The molecular weight excluding hydrogens is 538 g/mol. The number of benzene rings is 1. The quantitative estimate of drug-likeness (QED) is 0.0564. The Kier molecular flexibility index (Phi) is 14.6. The summed E-state index contributed by atoms with van der Waals surface area (Å²) in [6.45, 7) is 3.74. The summed E-state index contributed by atoms with van der Waals surface area (Å²) in [5.41, 5.74) is 17.0. The van der Waals surface area contributed by atoms with Crippen LogP contribution in [0.3, 0.4) is 0 Å². The van der Waals surface area contributed by atoms with Crippen LogP contribution in [-0.2, 0) is 30.4 Å². The van der Waals surface area contributed by atoms with Crippen molar-refractivity contribution >= 4 is 35.6 Å². The number of carbonyl (C=O) groups is 5. The first-order chi connectivity index (χ1) is 19.2. The molecule has 0 fully saturated rings. The van der Waals surface area contributed by atoms with Crippen molar-refractivity contribution in [2.24, 2.45) is 28.1 Å². The number of amides is 3. The van der Waals surface area contributed by atoms with Crippen molar-refractivity contribution in [1.82, 2.24) is 16.0 Å². The minimum absolute atomic E-state index is 0.00977. The summed E-state index contributed by atoms with van der Waals surface area (Å²) in [6.07, 6.45) is -0.130. The molecule has 0 saturated heterocycles. The summed E-state index contributed by atoms with van der Waals surface area (Å²) in [5, 5.41) is 35.6. The third-order valence-corrected chi connectivity index (χ3v) is 5.92. The van der Waals surface area contributed by atoms with Crippen molar-refractivity contribution in [3.63, 3.8) is 0 Å². The summed E-state index contributed by atoms with van der Waals surface area (Å²) >= 11 is 0. The van der Waals surface area contributed by atoms with Crippen LogP contribution in [-0.4, -0.2) is 81.7 Å². The van der Waals surface area contributed by atoms with Crippen molar-refractivity contribution in [3.8, 4) is 5.75 Å². The first kappa shape index (κ1) is 34.6. The fourth-order valence-electron chi connectivity index (χ4n) is 3.78. The summed E-state index contributed by atoms with van der Waals surface area (Å²) in [5.74, 6) is -4.88. The van der Waals surface area contributed by atoms with Crippen LogP contribution in [0.1, 0.15) is 51.5 Å². The predicted octanol–water partition coefficient (Wildman–Crippen LogP) is -1.23. The number of carboxylic acids is 2. The van der Waals surface area contributed by atoms with Gasteiger partial charge in [-0.25, -0.2) is 4.79 Å². The average molecular weight is 580 g/mol. The molecule has 0 bridgehead atoms. The number of aliphatic carboxylic acids is 2. The zero-order valence-electron chi connectivity index (χ0n) is 23.2. The van der Waals surface area contributed by atoms with E-state index >= 15 is 0 Å². The van der Waals surface area contributed by atoms with Gasteiger partial charge in [-0.3, -0.25) is 24.2 Å². The van der Waals surface area contributed by atoms with Gasteiger partial charge in [-0.1, -0.05) is 26.0 Å². The molecule has 4 unspecified atom stereocenters. The third kappa shape index (κ3) is 14.0. The van der Waals surface area contributed by atoms with Gasteiger partial charge in [0.15, 0.2) is 5.96 Å². The molecule has 0 saturated carbocycles. The topological polar surface area (TPSA) is 273 Å². The maximum absolute atomic E-state index is 13.4. The molecule has 228 valence electrons. The second-order valence-corrected chi connectivity index (χ2v) is 10.0. The van der Waals surface area contributed by atoms with Gasteiger partial charge in [-0.15, -0.1) is 0 Å². The molecular formula is C26H41N7O8. The van der Waals surface area contributed by atoms with Gasteiger partial charge in [-0.05, 0) is 49.3 Å². The number of carbonyl (C=O) groups excluding carboxylic acids is 3. The van der Waals surface area contributed by atoms with Crippen LogP contribution in [0.15, 0.2) is 29.3 Å². The summed E-state index contributed by atoms with van der Waals surface area (Å²) in [4.78, 5) is 65.7. The minimum Gasteiger partial charge on any atom is -0.508 e. The molecule has 0 aliphatic heterocycles. The van der Waals surface area contributed by atoms with Crippen LogP contribution >= 0.6 is 0 Å². The molecule has 0 aromatic heterocycles. The Balaban J connectivity index is 3.19. The SMILES string of the molecule is CC(C)CC(NC(=O)C(Cc1ccc(O)cc1)NC(=O)C(CCCN=C(N)N)NC(=O)C(N)CCC(=O)O)C(=O)O. The molecule has 3 amide bonds. The number of guanidine groups is 1. The van der Waals surface area contributed by atoms with Gasteiger partial charge < -0.3 is 48.5 Å². The normalized spacial score (nSPS) is 13.8. The Hall–Kier alpha value is -4.40. The van der Waals surface area contributed by atoms with Gasteiger partial charge in [0.05, 0.1) is 6.04 Å². The maximum atomic E-state index is 13.4. The highest BCUT2D eigenvalue weighted by Gasteiger charge is 2.30. The first-order valence-electron chi connectivity index (χ1n) is 13.1. The van der Waals surface area contributed by atoms with Crippen molar-refractivity contribution in [2.75, 3.05) is 6.54 Å². The highest BCUT2D eigenvalue weighted by atomic mass is 16.4. The number of nitrogens with two attached hydrogens (primary N) is 3. The maximum Gasteiger partial charge on any atom is 0.326 e. The van der Waals surface area contributed by atoms with Crippen molar-refractivity contribution < 1.29 is 39.3 Å². The average Bonchev–Trinajstić information content (AvgIpc) is 2.88. The second kappa shape index (κ2) is 17.3. The van der Waals surface area contributed by atoms with E-state index in [-0.39, 0.29) is 62.7 Å². The molecule has 15 nitrogen and oxygen atoms in total. The van der Waals surface area contributed by atoms with Gasteiger partial charge in [0.2, 0.25) is 17.7 Å². The number of aromatic hydroxyl groups is 1. The number of nitrogens with one attached hydrogen (secondary N) is 3. The lowest BCUT2D eigenvalue weighted by Crippen LogP contribution is -2.57. The summed E-state index contributed by atoms with van der Waals surface area (Å²) in [7, 11) is 0. The van der Waals surface area contributed by atoms with E-state index in [4.69, 9.17) is 22.3 Å². The monoisotopic (exact) mass is 579 g/mol. The molecule has 0 aliphatic carbocycles. The third-order valence-electron chi connectivity index (χ3n) is 5.92. The van der Waals surface area contributed by atoms with Gasteiger partial charge in [0.1, 0.15) is 23.9 Å².